The van der Waals surface area contributed by atoms with E-state index in [0.717, 1.165) is 34.8 Å². The van der Waals surface area contributed by atoms with Crippen LogP contribution in [0.1, 0.15) is 45.8 Å². The van der Waals surface area contributed by atoms with Crippen molar-refractivity contribution in [2.24, 2.45) is 11.8 Å². The van der Waals surface area contributed by atoms with Crippen LogP contribution in [0.25, 0.3) is 0 Å². The molecule has 0 spiro atoms. The molecular weight excluding hydrogens is 442 g/mol. The van der Waals surface area contributed by atoms with Gasteiger partial charge < -0.3 is 15.0 Å². The number of hydrogen-bond donors (Lipinski definition) is 1. The number of fused-ring (bicyclic) bond motifs is 2. The molecular formula is C27H29N5O3. The summed E-state index contributed by atoms with van der Waals surface area (Å²) in [6, 6.07) is 13.5. The number of nitrogens with zero attached hydrogens (tertiary/aromatic N) is 4. The van der Waals surface area contributed by atoms with Gasteiger partial charge >= 0.3 is 0 Å². The first-order valence-corrected chi connectivity index (χ1v) is 12.4. The minimum Gasteiger partial charge on any atom is -0.492 e. The molecule has 4 heterocycles. The van der Waals surface area contributed by atoms with Crippen molar-refractivity contribution in [2.75, 3.05) is 13.2 Å². The lowest BCUT2D eigenvalue weighted by molar-refractivity contribution is -0.137. The molecule has 1 atom stereocenters. The summed E-state index contributed by atoms with van der Waals surface area (Å²) in [5, 5.41) is 7.71. The molecule has 1 unspecified atom stereocenters. The third kappa shape index (κ3) is 4.52. The molecule has 3 aliphatic rings. The van der Waals surface area contributed by atoms with Crippen molar-refractivity contribution >= 4 is 11.8 Å². The lowest BCUT2D eigenvalue weighted by Crippen LogP contribution is -2.43. The average Bonchev–Trinajstić information content (AvgIpc) is 3.66. The van der Waals surface area contributed by atoms with E-state index >= 15 is 0 Å². The maximum Gasteiger partial charge on any atom is 0.272 e. The summed E-state index contributed by atoms with van der Waals surface area (Å²) in [5.41, 5.74) is 4.26. The number of para-hydroxylation sites is 1. The largest absolute Gasteiger partial charge is 0.492 e. The minimum absolute atomic E-state index is 0.0833. The van der Waals surface area contributed by atoms with Gasteiger partial charge in [0.05, 0.1) is 18.2 Å². The zero-order valence-corrected chi connectivity index (χ0v) is 19.7. The van der Waals surface area contributed by atoms with Crippen LogP contribution >= 0.6 is 0 Å². The molecule has 2 aliphatic heterocycles. The van der Waals surface area contributed by atoms with Gasteiger partial charge in [-0.25, -0.2) is 0 Å². The van der Waals surface area contributed by atoms with Gasteiger partial charge in [-0.15, -0.1) is 0 Å². The first kappa shape index (κ1) is 21.8. The Morgan fingerprint density at radius 3 is 2.80 bits per heavy atom. The summed E-state index contributed by atoms with van der Waals surface area (Å²) >= 11 is 0. The van der Waals surface area contributed by atoms with E-state index in [0.29, 0.717) is 50.7 Å². The molecule has 8 heteroatoms. The van der Waals surface area contributed by atoms with Crippen LogP contribution in [0.5, 0.6) is 5.75 Å². The Morgan fingerprint density at radius 1 is 1.11 bits per heavy atom. The van der Waals surface area contributed by atoms with E-state index in [-0.39, 0.29) is 17.7 Å². The smallest absolute Gasteiger partial charge is 0.272 e. The second-order valence-corrected chi connectivity index (χ2v) is 9.73. The van der Waals surface area contributed by atoms with Crippen molar-refractivity contribution < 1.29 is 14.3 Å². The number of pyridine rings is 1. The van der Waals surface area contributed by atoms with E-state index in [1.807, 2.05) is 52.0 Å². The summed E-state index contributed by atoms with van der Waals surface area (Å²) in [6.45, 7) is 2.61. The van der Waals surface area contributed by atoms with Crippen molar-refractivity contribution in [2.45, 2.75) is 45.3 Å². The molecule has 180 valence electrons. The molecule has 1 N–H and O–H groups in total. The maximum absolute atomic E-state index is 13.5. The normalized spacial score (nSPS) is 18.9. The SMILES string of the molecule is O=C(NCc1ccccn1)c1nn(CC2CC2)c2c1CN(C(=O)C1COc3ccccc3C1)CC2. The fourth-order valence-corrected chi connectivity index (χ4v) is 5.06. The number of aromatic nitrogens is 3. The molecule has 1 fully saturated rings. The van der Waals surface area contributed by atoms with Gasteiger partial charge in [0.15, 0.2) is 5.69 Å². The van der Waals surface area contributed by atoms with Crippen LogP contribution in [-0.4, -0.2) is 44.6 Å². The molecule has 8 nitrogen and oxygen atoms in total. The molecule has 2 amide bonds. The Bertz CT molecular complexity index is 1250. The first-order valence-electron chi connectivity index (χ1n) is 12.4. The highest BCUT2D eigenvalue weighted by Crippen LogP contribution is 2.33. The Balaban J connectivity index is 1.21. The molecule has 3 aromatic rings. The van der Waals surface area contributed by atoms with E-state index in [4.69, 9.17) is 9.84 Å². The summed E-state index contributed by atoms with van der Waals surface area (Å²) < 4.78 is 7.89. The summed E-state index contributed by atoms with van der Waals surface area (Å²) in [5.74, 6) is 1.16. The van der Waals surface area contributed by atoms with Crippen molar-refractivity contribution in [3.05, 3.63) is 76.9 Å². The number of rotatable bonds is 6. The Labute approximate surface area is 204 Å². The van der Waals surface area contributed by atoms with Crippen LogP contribution in [-0.2, 0) is 37.3 Å². The predicted molar refractivity (Wildman–Crippen MR) is 129 cm³/mol. The van der Waals surface area contributed by atoms with Crippen molar-refractivity contribution in [1.29, 1.82) is 0 Å². The van der Waals surface area contributed by atoms with Gasteiger partial charge in [0.1, 0.15) is 12.4 Å². The maximum atomic E-state index is 13.5. The van der Waals surface area contributed by atoms with Crippen LogP contribution in [0.15, 0.2) is 48.7 Å². The number of benzene rings is 1. The standard InChI is InChI=1S/C27H29N5O3/c33-26(29-14-21-6-3-4-11-28-21)25-22-16-31(12-10-23(22)32(30-25)15-18-8-9-18)27(34)20-13-19-5-1-2-7-24(19)35-17-20/h1-7,11,18,20H,8-10,12-17H2,(H,29,33). The zero-order chi connectivity index (χ0) is 23.8. The van der Waals surface area contributed by atoms with E-state index in [1.165, 1.54) is 12.8 Å². The number of carbonyl (C=O) groups excluding carboxylic acids is 2. The topological polar surface area (TPSA) is 89.4 Å². The Kier molecular flexibility index (Phi) is 5.72. The third-order valence-corrected chi connectivity index (χ3v) is 7.17. The molecule has 0 radical (unpaired) electrons. The van der Waals surface area contributed by atoms with Crippen LogP contribution in [0.4, 0.5) is 0 Å². The first-order chi connectivity index (χ1) is 17.2. The zero-order valence-electron chi connectivity index (χ0n) is 19.7. The molecule has 1 aliphatic carbocycles. The van der Waals surface area contributed by atoms with Crippen molar-refractivity contribution in [1.82, 2.24) is 25.0 Å². The van der Waals surface area contributed by atoms with Gasteiger partial charge in [-0.3, -0.25) is 19.3 Å². The lowest BCUT2D eigenvalue weighted by Gasteiger charge is -2.33. The quantitative estimate of drug-likeness (QED) is 0.597. The molecule has 0 saturated heterocycles. The monoisotopic (exact) mass is 471 g/mol. The van der Waals surface area contributed by atoms with Gasteiger partial charge in [0.25, 0.3) is 5.91 Å². The molecule has 1 aromatic carbocycles. The van der Waals surface area contributed by atoms with Gasteiger partial charge in [-0.1, -0.05) is 24.3 Å². The van der Waals surface area contributed by atoms with Gasteiger partial charge in [-0.05, 0) is 48.9 Å². The highest BCUT2D eigenvalue weighted by Gasteiger charge is 2.35. The van der Waals surface area contributed by atoms with Gasteiger partial charge in [0.2, 0.25) is 5.91 Å². The number of carbonyl (C=O) groups is 2. The fourth-order valence-electron chi connectivity index (χ4n) is 5.06. The molecule has 35 heavy (non-hydrogen) atoms. The summed E-state index contributed by atoms with van der Waals surface area (Å²) in [7, 11) is 0. The van der Waals surface area contributed by atoms with E-state index in [1.54, 1.807) is 6.20 Å². The molecule has 6 rings (SSSR count). The highest BCUT2D eigenvalue weighted by atomic mass is 16.5. The van der Waals surface area contributed by atoms with E-state index in [2.05, 4.69) is 10.3 Å². The minimum atomic E-state index is -0.217. The number of hydrogen-bond acceptors (Lipinski definition) is 5. The van der Waals surface area contributed by atoms with Crippen LogP contribution < -0.4 is 10.1 Å². The van der Waals surface area contributed by atoms with E-state index in [9.17, 15) is 9.59 Å². The van der Waals surface area contributed by atoms with Crippen molar-refractivity contribution in [3.63, 3.8) is 0 Å². The average molecular weight is 472 g/mol. The predicted octanol–water partition coefficient (Wildman–Crippen LogP) is 2.75. The van der Waals surface area contributed by atoms with Crippen molar-refractivity contribution in [3.8, 4) is 5.75 Å². The number of amides is 2. The molecule has 2 aromatic heterocycles. The number of ether oxygens (including phenoxy) is 1. The fraction of sp³-hybridized carbons (Fsp3) is 0.407. The Hall–Kier alpha value is -3.68. The lowest BCUT2D eigenvalue weighted by atomic mass is 9.94. The summed E-state index contributed by atoms with van der Waals surface area (Å²) in [6.07, 6.45) is 5.52. The van der Waals surface area contributed by atoms with Crippen LogP contribution in [0.3, 0.4) is 0 Å². The second-order valence-electron chi connectivity index (χ2n) is 9.73. The molecule has 1 saturated carbocycles. The molecule has 0 bridgehead atoms. The highest BCUT2D eigenvalue weighted by molar-refractivity contribution is 5.94. The summed E-state index contributed by atoms with van der Waals surface area (Å²) in [4.78, 5) is 32.8. The van der Waals surface area contributed by atoms with Gasteiger partial charge in [-0.2, -0.15) is 5.10 Å². The van der Waals surface area contributed by atoms with Crippen LogP contribution in [0.2, 0.25) is 0 Å². The van der Waals surface area contributed by atoms with E-state index < -0.39 is 0 Å². The second kappa shape index (κ2) is 9.17. The third-order valence-electron chi connectivity index (χ3n) is 7.17. The van der Waals surface area contributed by atoms with Gasteiger partial charge in [0, 0.05) is 43.5 Å². The Morgan fingerprint density at radius 2 is 1.97 bits per heavy atom. The number of nitrogens with one attached hydrogen (secondary N) is 1. The van der Waals surface area contributed by atoms with Crippen LogP contribution in [0, 0.1) is 11.8 Å².